The second-order valence-corrected chi connectivity index (χ2v) is 3.28. The van der Waals surface area contributed by atoms with Gasteiger partial charge in [0.15, 0.2) is 0 Å². The molecular weight excluding hydrogens is 178 g/mol. The Kier molecular flexibility index (Phi) is 2.00. The van der Waals surface area contributed by atoms with Crippen LogP contribution in [0.25, 0.3) is 6.08 Å². The van der Waals surface area contributed by atoms with Crippen molar-refractivity contribution in [3.63, 3.8) is 0 Å². The van der Waals surface area contributed by atoms with E-state index in [1.807, 2.05) is 32.1 Å². The predicted octanol–water partition coefficient (Wildman–Crippen LogP) is 2.09. The minimum Gasteiger partial charge on any atom is -0.465 e. The maximum absolute atomic E-state index is 11.3. The number of allylic oxidation sites excluding steroid dienone is 1. The minimum atomic E-state index is -0.0275. The van der Waals surface area contributed by atoms with E-state index in [-0.39, 0.29) is 5.91 Å². The number of hydrogen-bond donors (Lipinski definition) is 1. The maximum atomic E-state index is 11.3. The molecule has 0 fully saturated rings. The molecule has 14 heavy (non-hydrogen) atoms. The van der Waals surface area contributed by atoms with Crippen LogP contribution >= 0.6 is 0 Å². The van der Waals surface area contributed by atoms with Gasteiger partial charge in [0.2, 0.25) is 0 Å². The molecule has 2 rings (SSSR count). The molecule has 3 heteroatoms. The van der Waals surface area contributed by atoms with Crippen molar-refractivity contribution >= 4 is 12.0 Å². The minimum absolute atomic E-state index is 0.0275. The molecule has 0 saturated heterocycles. The summed E-state index contributed by atoms with van der Waals surface area (Å²) in [6.45, 7) is 3.73. The highest BCUT2D eigenvalue weighted by atomic mass is 16.3. The highest BCUT2D eigenvalue weighted by molar-refractivity contribution is 6.00. The van der Waals surface area contributed by atoms with Crippen molar-refractivity contribution in [3.8, 4) is 0 Å². The average Bonchev–Trinajstić information content (AvgIpc) is 2.73. The van der Waals surface area contributed by atoms with Crippen molar-refractivity contribution < 1.29 is 9.21 Å². The van der Waals surface area contributed by atoms with Crippen molar-refractivity contribution in [1.29, 1.82) is 0 Å². The van der Waals surface area contributed by atoms with E-state index in [1.54, 1.807) is 6.26 Å². The molecule has 0 saturated carbocycles. The summed E-state index contributed by atoms with van der Waals surface area (Å²) in [4.78, 5) is 11.3. The van der Waals surface area contributed by atoms with E-state index < -0.39 is 0 Å². The zero-order chi connectivity index (χ0) is 10.1. The quantitative estimate of drug-likeness (QED) is 0.735. The molecule has 0 bridgehead atoms. The summed E-state index contributed by atoms with van der Waals surface area (Å²) in [5.74, 6) is 0.717. The van der Waals surface area contributed by atoms with E-state index in [0.717, 1.165) is 22.6 Å². The third-order valence-corrected chi connectivity index (χ3v) is 2.39. The van der Waals surface area contributed by atoms with Gasteiger partial charge in [-0.05, 0) is 31.6 Å². The molecule has 2 heterocycles. The van der Waals surface area contributed by atoms with Gasteiger partial charge >= 0.3 is 0 Å². The summed E-state index contributed by atoms with van der Waals surface area (Å²) in [7, 11) is 0. The molecule has 3 nitrogen and oxygen atoms in total. The van der Waals surface area contributed by atoms with E-state index in [0.29, 0.717) is 0 Å². The van der Waals surface area contributed by atoms with Gasteiger partial charge in [-0.3, -0.25) is 4.79 Å². The average molecular weight is 189 g/mol. The number of rotatable bonds is 1. The van der Waals surface area contributed by atoms with Gasteiger partial charge in [0.1, 0.15) is 5.76 Å². The molecule has 0 radical (unpaired) electrons. The summed E-state index contributed by atoms with van der Waals surface area (Å²) in [5, 5.41) is 2.78. The lowest BCUT2D eigenvalue weighted by Crippen LogP contribution is -2.15. The Morgan fingerprint density at radius 3 is 2.64 bits per heavy atom. The van der Waals surface area contributed by atoms with Gasteiger partial charge in [0, 0.05) is 17.3 Å². The molecule has 0 aromatic carbocycles. The Morgan fingerprint density at radius 1 is 1.36 bits per heavy atom. The standard InChI is InChI=1S/C11H11NO2/c1-7-8(2)11(13)12-10(7)6-9-4-3-5-14-9/h3-6H,1-2H3,(H,12,13)/b10-6+. The normalized spacial score (nSPS) is 19.3. The summed E-state index contributed by atoms with van der Waals surface area (Å²) < 4.78 is 5.16. The van der Waals surface area contributed by atoms with Crippen molar-refractivity contribution in [2.75, 3.05) is 0 Å². The van der Waals surface area contributed by atoms with Crippen LogP contribution in [0.2, 0.25) is 0 Å². The molecule has 1 amide bonds. The molecule has 1 N–H and O–H groups in total. The van der Waals surface area contributed by atoms with E-state index >= 15 is 0 Å². The first-order valence-electron chi connectivity index (χ1n) is 4.43. The van der Waals surface area contributed by atoms with Gasteiger partial charge in [0.05, 0.1) is 6.26 Å². The molecule has 0 aliphatic carbocycles. The first-order valence-corrected chi connectivity index (χ1v) is 4.43. The lowest BCUT2D eigenvalue weighted by atomic mass is 10.1. The van der Waals surface area contributed by atoms with Crippen LogP contribution in [0, 0.1) is 0 Å². The zero-order valence-corrected chi connectivity index (χ0v) is 8.13. The molecule has 1 aliphatic heterocycles. The summed E-state index contributed by atoms with van der Waals surface area (Å²) in [6, 6.07) is 3.66. The van der Waals surface area contributed by atoms with Gasteiger partial charge < -0.3 is 9.73 Å². The summed E-state index contributed by atoms with van der Waals surface area (Å²) in [5.41, 5.74) is 2.57. The largest absolute Gasteiger partial charge is 0.465 e. The maximum Gasteiger partial charge on any atom is 0.251 e. The van der Waals surface area contributed by atoms with Crippen LogP contribution in [-0.2, 0) is 4.79 Å². The molecular formula is C11H11NO2. The van der Waals surface area contributed by atoms with Crippen molar-refractivity contribution in [2.45, 2.75) is 13.8 Å². The number of hydrogen-bond acceptors (Lipinski definition) is 2. The fourth-order valence-electron chi connectivity index (χ4n) is 1.34. The van der Waals surface area contributed by atoms with E-state index in [9.17, 15) is 4.79 Å². The summed E-state index contributed by atoms with van der Waals surface area (Å²) in [6.07, 6.45) is 3.43. The Morgan fingerprint density at radius 2 is 2.14 bits per heavy atom. The van der Waals surface area contributed by atoms with Crippen LogP contribution in [0.15, 0.2) is 39.7 Å². The predicted molar refractivity (Wildman–Crippen MR) is 53.2 cm³/mol. The molecule has 0 atom stereocenters. The zero-order valence-electron chi connectivity index (χ0n) is 8.13. The Hall–Kier alpha value is -1.77. The van der Waals surface area contributed by atoms with Crippen LogP contribution in [0.4, 0.5) is 0 Å². The Balaban J connectivity index is 2.35. The molecule has 1 aliphatic rings. The van der Waals surface area contributed by atoms with E-state index in [4.69, 9.17) is 4.42 Å². The van der Waals surface area contributed by atoms with Crippen LogP contribution < -0.4 is 5.32 Å². The van der Waals surface area contributed by atoms with Gasteiger partial charge in [-0.1, -0.05) is 0 Å². The van der Waals surface area contributed by atoms with Crippen LogP contribution in [-0.4, -0.2) is 5.91 Å². The Labute approximate surface area is 82.1 Å². The van der Waals surface area contributed by atoms with Crippen molar-refractivity contribution in [1.82, 2.24) is 5.32 Å². The number of furan rings is 1. The first-order chi connectivity index (χ1) is 6.68. The first kappa shape index (κ1) is 8.81. The molecule has 72 valence electrons. The monoisotopic (exact) mass is 189 g/mol. The third kappa shape index (κ3) is 1.37. The fraction of sp³-hybridized carbons (Fsp3) is 0.182. The van der Waals surface area contributed by atoms with E-state index in [1.165, 1.54) is 0 Å². The number of carbonyl (C=O) groups excluding carboxylic acids is 1. The SMILES string of the molecule is CC1=C(C)/C(=C\c2ccco2)NC1=O. The topological polar surface area (TPSA) is 42.2 Å². The van der Waals surface area contributed by atoms with Crippen molar-refractivity contribution in [2.24, 2.45) is 0 Å². The second kappa shape index (κ2) is 3.18. The molecule has 0 spiro atoms. The number of carbonyl (C=O) groups is 1. The highest BCUT2D eigenvalue weighted by Crippen LogP contribution is 2.21. The lowest BCUT2D eigenvalue weighted by Gasteiger charge is -1.97. The second-order valence-electron chi connectivity index (χ2n) is 3.28. The third-order valence-electron chi connectivity index (χ3n) is 2.39. The van der Waals surface area contributed by atoms with Crippen LogP contribution in [0.5, 0.6) is 0 Å². The smallest absolute Gasteiger partial charge is 0.251 e. The van der Waals surface area contributed by atoms with Gasteiger partial charge in [-0.15, -0.1) is 0 Å². The fourth-order valence-corrected chi connectivity index (χ4v) is 1.34. The highest BCUT2D eigenvalue weighted by Gasteiger charge is 2.20. The van der Waals surface area contributed by atoms with Gasteiger partial charge in [-0.2, -0.15) is 0 Å². The van der Waals surface area contributed by atoms with E-state index in [2.05, 4.69) is 5.32 Å². The van der Waals surface area contributed by atoms with Crippen molar-refractivity contribution in [3.05, 3.63) is 41.0 Å². The summed E-state index contributed by atoms with van der Waals surface area (Å²) >= 11 is 0. The molecule has 1 aromatic heterocycles. The Bertz CT molecular complexity index is 424. The number of amides is 1. The lowest BCUT2D eigenvalue weighted by molar-refractivity contribution is -0.116. The van der Waals surface area contributed by atoms with Crippen LogP contribution in [0.1, 0.15) is 19.6 Å². The molecule has 0 unspecified atom stereocenters. The van der Waals surface area contributed by atoms with Gasteiger partial charge in [-0.25, -0.2) is 0 Å². The number of nitrogens with one attached hydrogen (secondary N) is 1. The van der Waals surface area contributed by atoms with Crippen LogP contribution in [0.3, 0.4) is 0 Å². The molecule has 1 aromatic rings. The van der Waals surface area contributed by atoms with Gasteiger partial charge in [0.25, 0.3) is 5.91 Å².